The Morgan fingerprint density at radius 2 is 1.81 bits per heavy atom. The lowest BCUT2D eigenvalue weighted by molar-refractivity contribution is 0.0964. The minimum Gasteiger partial charge on any atom is -0.508 e. The molecular formula is C16H13NO4. The largest absolute Gasteiger partial charge is 0.508 e. The number of phenolic OH excluding ortho intramolecular Hbond substituents is 2. The van der Waals surface area contributed by atoms with Gasteiger partial charge in [-0.1, -0.05) is 6.07 Å². The summed E-state index contributed by atoms with van der Waals surface area (Å²) in [6, 6.07) is 10.9. The molecule has 3 rings (SSSR count). The Morgan fingerprint density at radius 1 is 1.10 bits per heavy atom. The summed E-state index contributed by atoms with van der Waals surface area (Å²) >= 11 is 0. The zero-order chi connectivity index (χ0) is 15.0. The van der Waals surface area contributed by atoms with Crippen molar-refractivity contribution in [3.05, 3.63) is 54.2 Å². The number of hydrogen-bond acceptors (Lipinski definition) is 4. The minimum atomic E-state index is -0.270. The van der Waals surface area contributed by atoms with Gasteiger partial charge in [-0.15, -0.1) is 0 Å². The first-order valence-electron chi connectivity index (χ1n) is 6.32. The molecule has 0 unspecified atom stereocenters. The van der Waals surface area contributed by atoms with E-state index in [2.05, 4.69) is 0 Å². The fraction of sp³-hybridized carbons (Fsp3) is 0.0625. The van der Waals surface area contributed by atoms with Gasteiger partial charge in [-0.3, -0.25) is 9.36 Å². The molecule has 0 aliphatic carbocycles. The SMILES string of the molecule is COc1cn(C(=O)c2ccc(O)cc2)c2cccc(O)c12. The van der Waals surface area contributed by atoms with Crippen LogP contribution in [0.2, 0.25) is 0 Å². The van der Waals surface area contributed by atoms with E-state index in [0.717, 1.165) is 0 Å². The van der Waals surface area contributed by atoms with Gasteiger partial charge in [-0.2, -0.15) is 0 Å². The topological polar surface area (TPSA) is 71.7 Å². The molecule has 106 valence electrons. The van der Waals surface area contributed by atoms with E-state index in [4.69, 9.17) is 4.74 Å². The fourth-order valence-corrected chi connectivity index (χ4v) is 2.30. The highest BCUT2D eigenvalue weighted by Gasteiger charge is 2.17. The van der Waals surface area contributed by atoms with Crippen LogP contribution in [0.4, 0.5) is 0 Å². The molecular weight excluding hydrogens is 270 g/mol. The van der Waals surface area contributed by atoms with E-state index >= 15 is 0 Å². The molecule has 0 atom stereocenters. The second kappa shape index (κ2) is 4.86. The number of hydrogen-bond donors (Lipinski definition) is 2. The number of aromatic nitrogens is 1. The fourth-order valence-electron chi connectivity index (χ4n) is 2.30. The van der Waals surface area contributed by atoms with Crippen molar-refractivity contribution in [2.24, 2.45) is 0 Å². The first-order chi connectivity index (χ1) is 10.1. The van der Waals surface area contributed by atoms with Gasteiger partial charge in [0.1, 0.15) is 17.2 Å². The first-order valence-corrected chi connectivity index (χ1v) is 6.32. The van der Waals surface area contributed by atoms with Crippen LogP contribution < -0.4 is 4.74 Å². The van der Waals surface area contributed by atoms with Gasteiger partial charge in [0.2, 0.25) is 0 Å². The second-order valence-electron chi connectivity index (χ2n) is 4.59. The van der Waals surface area contributed by atoms with Crippen LogP contribution in [-0.2, 0) is 0 Å². The zero-order valence-corrected chi connectivity index (χ0v) is 11.3. The summed E-state index contributed by atoms with van der Waals surface area (Å²) in [6.07, 6.45) is 1.54. The van der Waals surface area contributed by atoms with Crippen LogP contribution in [0.25, 0.3) is 10.9 Å². The van der Waals surface area contributed by atoms with Crippen LogP contribution in [-0.4, -0.2) is 27.8 Å². The van der Waals surface area contributed by atoms with Crippen LogP contribution in [0, 0.1) is 0 Å². The van der Waals surface area contributed by atoms with Crippen molar-refractivity contribution in [2.45, 2.75) is 0 Å². The molecule has 1 aromatic heterocycles. The summed E-state index contributed by atoms with van der Waals surface area (Å²) in [5, 5.41) is 19.7. The Morgan fingerprint density at radius 3 is 2.48 bits per heavy atom. The van der Waals surface area contributed by atoms with Crippen molar-refractivity contribution in [3.8, 4) is 17.2 Å². The Bertz CT molecular complexity index is 818. The standard InChI is InChI=1S/C16H13NO4/c1-21-14-9-17(12-3-2-4-13(19)15(12)14)16(20)10-5-7-11(18)8-6-10/h2-9,18-19H,1H3. The maximum atomic E-state index is 12.6. The summed E-state index contributed by atoms with van der Waals surface area (Å²) in [5.41, 5.74) is 0.987. The molecule has 2 N–H and O–H groups in total. The van der Waals surface area contributed by atoms with Gasteiger partial charge in [0.15, 0.2) is 0 Å². The van der Waals surface area contributed by atoms with Crippen LogP contribution in [0.3, 0.4) is 0 Å². The van der Waals surface area contributed by atoms with Gasteiger partial charge in [0.05, 0.1) is 24.2 Å². The quantitative estimate of drug-likeness (QED) is 0.758. The summed E-state index contributed by atoms with van der Waals surface area (Å²) in [5.74, 6) is 0.310. The highest BCUT2D eigenvalue weighted by Crippen LogP contribution is 2.35. The lowest BCUT2D eigenvalue weighted by atomic mass is 10.2. The Labute approximate surface area is 120 Å². The van der Waals surface area contributed by atoms with Gasteiger partial charge < -0.3 is 14.9 Å². The van der Waals surface area contributed by atoms with Crippen LogP contribution in [0.15, 0.2) is 48.7 Å². The molecule has 3 aromatic rings. The van der Waals surface area contributed by atoms with E-state index in [9.17, 15) is 15.0 Å². The van der Waals surface area contributed by atoms with Crippen molar-refractivity contribution in [1.29, 1.82) is 0 Å². The second-order valence-corrected chi connectivity index (χ2v) is 4.59. The molecule has 5 nitrogen and oxygen atoms in total. The van der Waals surface area contributed by atoms with Crippen LogP contribution in [0.1, 0.15) is 10.4 Å². The van der Waals surface area contributed by atoms with Gasteiger partial charge in [0.25, 0.3) is 5.91 Å². The van der Waals surface area contributed by atoms with Crippen LogP contribution >= 0.6 is 0 Å². The molecule has 2 aromatic carbocycles. The third-order valence-electron chi connectivity index (χ3n) is 3.33. The molecule has 0 saturated heterocycles. The molecule has 0 aliphatic rings. The maximum Gasteiger partial charge on any atom is 0.262 e. The summed E-state index contributed by atoms with van der Waals surface area (Å²) < 4.78 is 6.64. The number of methoxy groups -OCH3 is 1. The van der Waals surface area contributed by atoms with Gasteiger partial charge in [-0.05, 0) is 36.4 Å². The lowest BCUT2D eigenvalue weighted by Gasteiger charge is -2.04. The predicted octanol–water partition coefficient (Wildman–Crippen LogP) is 2.75. The zero-order valence-electron chi connectivity index (χ0n) is 11.3. The van der Waals surface area contributed by atoms with Crippen molar-refractivity contribution in [3.63, 3.8) is 0 Å². The third-order valence-corrected chi connectivity index (χ3v) is 3.33. The first kappa shape index (κ1) is 13.1. The number of carbonyl (C=O) groups excluding carboxylic acids is 1. The Hall–Kier alpha value is -2.95. The highest BCUT2D eigenvalue weighted by atomic mass is 16.5. The van der Waals surface area contributed by atoms with E-state index in [1.807, 2.05) is 0 Å². The number of phenols is 2. The van der Waals surface area contributed by atoms with Crippen molar-refractivity contribution in [2.75, 3.05) is 7.11 Å². The smallest absolute Gasteiger partial charge is 0.262 e. The number of ether oxygens (including phenoxy) is 1. The molecule has 0 amide bonds. The van der Waals surface area contributed by atoms with Crippen molar-refractivity contribution >= 4 is 16.8 Å². The summed E-state index contributed by atoms with van der Waals surface area (Å²) in [7, 11) is 1.48. The van der Waals surface area contributed by atoms with Gasteiger partial charge in [0, 0.05) is 5.56 Å². The average molecular weight is 283 g/mol. The van der Waals surface area contributed by atoms with E-state index in [0.29, 0.717) is 22.2 Å². The maximum absolute atomic E-state index is 12.6. The molecule has 0 saturated carbocycles. The number of rotatable bonds is 2. The minimum absolute atomic E-state index is 0.0570. The number of fused-ring (bicyclic) bond motifs is 1. The molecule has 0 aliphatic heterocycles. The lowest BCUT2D eigenvalue weighted by Crippen LogP contribution is -2.10. The predicted molar refractivity (Wildman–Crippen MR) is 78.0 cm³/mol. The van der Waals surface area contributed by atoms with Crippen molar-refractivity contribution in [1.82, 2.24) is 4.57 Å². The number of carbonyl (C=O) groups is 1. The van der Waals surface area contributed by atoms with Gasteiger partial charge >= 0.3 is 0 Å². The third kappa shape index (κ3) is 2.08. The Balaban J connectivity index is 2.18. The van der Waals surface area contributed by atoms with Crippen molar-refractivity contribution < 1.29 is 19.7 Å². The molecule has 21 heavy (non-hydrogen) atoms. The van der Waals surface area contributed by atoms with E-state index < -0.39 is 0 Å². The van der Waals surface area contributed by atoms with E-state index in [1.54, 1.807) is 36.5 Å². The molecule has 1 heterocycles. The molecule has 0 bridgehead atoms. The summed E-state index contributed by atoms with van der Waals surface area (Å²) in [6.45, 7) is 0. The highest BCUT2D eigenvalue weighted by molar-refractivity contribution is 6.05. The number of aromatic hydroxyl groups is 2. The summed E-state index contributed by atoms with van der Waals surface area (Å²) in [4.78, 5) is 12.6. The molecule has 0 spiro atoms. The van der Waals surface area contributed by atoms with E-state index in [-0.39, 0.29) is 17.4 Å². The number of nitrogens with zero attached hydrogens (tertiary/aromatic N) is 1. The number of benzene rings is 2. The average Bonchev–Trinajstić information content (AvgIpc) is 2.87. The molecule has 5 heteroatoms. The van der Waals surface area contributed by atoms with Gasteiger partial charge in [-0.25, -0.2) is 0 Å². The van der Waals surface area contributed by atoms with E-state index in [1.165, 1.54) is 23.8 Å². The molecule has 0 radical (unpaired) electrons. The normalized spacial score (nSPS) is 10.7. The van der Waals surface area contributed by atoms with Crippen LogP contribution in [0.5, 0.6) is 17.2 Å². The Kier molecular flexibility index (Phi) is 3.02. The molecule has 0 fully saturated rings. The monoisotopic (exact) mass is 283 g/mol.